The number of amides is 1. The van der Waals surface area contributed by atoms with E-state index in [0.29, 0.717) is 24.8 Å². The highest BCUT2D eigenvalue weighted by Crippen LogP contribution is 2.32. The third-order valence-electron chi connectivity index (χ3n) is 3.03. The van der Waals surface area contributed by atoms with E-state index >= 15 is 0 Å². The van der Waals surface area contributed by atoms with Crippen molar-refractivity contribution in [3.63, 3.8) is 0 Å². The van der Waals surface area contributed by atoms with Crippen molar-refractivity contribution in [3.05, 3.63) is 0 Å². The molecule has 15 heavy (non-hydrogen) atoms. The molecule has 0 saturated carbocycles. The molecule has 0 aromatic carbocycles. The fourth-order valence-corrected chi connectivity index (χ4v) is 2.45. The Morgan fingerprint density at radius 3 is 2.80 bits per heavy atom. The third kappa shape index (κ3) is 2.41. The summed E-state index contributed by atoms with van der Waals surface area (Å²) in [5.41, 5.74) is 0. The summed E-state index contributed by atoms with van der Waals surface area (Å²) >= 11 is 0. The van der Waals surface area contributed by atoms with Gasteiger partial charge in [0.05, 0.1) is 13.2 Å². The Hall–Kier alpha value is -1.24. The van der Waals surface area contributed by atoms with Gasteiger partial charge in [0.2, 0.25) is 0 Å². The standard InChI is InChI=1S/C11H18N2O2/c1-8(2)10-9(4-6-12)5-7-13(10)11(14)15-3/h8-10H,4-5,7H2,1-3H3. The number of methoxy groups -OCH3 is 1. The number of carbonyl (C=O) groups is 1. The zero-order chi connectivity index (χ0) is 11.4. The average Bonchev–Trinajstić information content (AvgIpc) is 2.61. The monoisotopic (exact) mass is 210 g/mol. The fourth-order valence-electron chi connectivity index (χ4n) is 2.45. The topological polar surface area (TPSA) is 53.3 Å². The van der Waals surface area contributed by atoms with Crippen LogP contribution in [0, 0.1) is 23.2 Å². The van der Waals surface area contributed by atoms with Gasteiger partial charge in [0.15, 0.2) is 0 Å². The maximum absolute atomic E-state index is 11.5. The van der Waals surface area contributed by atoms with Gasteiger partial charge in [-0.2, -0.15) is 5.26 Å². The Labute approximate surface area is 90.8 Å². The smallest absolute Gasteiger partial charge is 0.409 e. The number of hydrogen-bond acceptors (Lipinski definition) is 3. The number of rotatable bonds is 2. The van der Waals surface area contributed by atoms with Crippen LogP contribution in [0.15, 0.2) is 0 Å². The molecule has 1 fully saturated rings. The summed E-state index contributed by atoms with van der Waals surface area (Å²) in [6, 6.07) is 2.34. The van der Waals surface area contributed by atoms with Crippen LogP contribution in [0.25, 0.3) is 0 Å². The maximum Gasteiger partial charge on any atom is 0.409 e. The minimum atomic E-state index is -0.269. The molecule has 1 rings (SSSR count). The van der Waals surface area contributed by atoms with Crippen molar-refractivity contribution in [2.24, 2.45) is 11.8 Å². The Bertz CT molecular complexity index is 270. The van der Waals surface area contributed by atoms with E-state index in [-0.39, 0.29) is 12.1 Å². The molecule has 1 aliphatic rings. The number of carbonyl (C=O) groups excluding carboxylic acids is 1. The average molecular weight is 210 g/mol. The molecule has 0 bridgehead atoms. The van der Waals surface area contributed by atoms with E-state index in [1.165, 1.54) is 7.11 Å². The highest BCUT2D eigenvalue weighted by Gasteiger charge is 2.39. The molecular weight excluding hydrogens is 192 g/mol. The van der Waals surface area contributed by atoms with E-state index < -0.39 is 0 Å². The quantitative estimate of drug-likeness (QED) is 0.700. The molecule has 2 unspecified atom stereocenters. The van der Waals surface area contributed by atoms with Crippen LogP contribution in [0.4, 0.5) is 4.79 Å². The van der Waals surface area contributed by atoms with Crippen LogP contribution >= 0.6 is 0 Å². The minimum absolute atomic E-state index is 0.150. The lowest BCUT2D eigenvalue weighted by molar-refractivity contribution is 0.102. The normalized spacial score (nSPS) is 25.4. The summed E-state index contributed by atoms with van der Waals surface area (Å²) in [4.78, 5) is 13.3. The van der Waals surface area contributed by atoms with Crippen LogP contribution in [0.5, 0.6) is 0 Å². The molecule has 4 heteroatoms. The molecule has 2 atom stereocenters. The summed E-state index contributed by atoms with van der Waals surface area (Å²) in [6.45, 7) is 4.87. The van der Waals surface area contributed by atoms with Crippen molar-refractivity contribution in [1.29, 1.82) is 5.26 Å². The molecule has 84 valence electrons. The predicted molar refractivity (Wildman–Crippen MR) is 56.1 cm³/mol. The van der Waals surface area contributed by atoms with Crippen molar-refractivity contribution in [3.8, 4) is 6.07 Å². The van der Waals surface area contributed by atoms with Crippen LogP contribution in [0.1, 0.15) is 26.7 Å². The van der Waals surface area contributed by atoms with Crippen LogP contribution in [0.2, 0.25) is 0 Å². The molecule has 0 N–H and O–H groups in total. The highest BCUT2D eigenvalue weighted by molar-refractivity contribution is 5.68. The number of hydrogen-bond donors (Lipinski definition) is 0. The number of nitriles is 1. The van der Waals surface area contributed by atoms with Crippen LogP contribution in [0.3, 0.4) is 0 Å². The van der Waals surface area contributed by atoms with E-state index in [4.69, 9.17) is 10.00 Å². The molecule has 0 aromatic rings. The largest absolute Gasteiger partial charge is 0.453 e. The van der Waals surface area contributed by atoms with Gasteiger partial charge in [0, 0.05) is 19.0 Å². The summed E-state index contributed by atoms with van der Waals surface area (Å²) < 4.78 is 4.75. The molecule has 0 radical (unpaired) electrons. The van der Waals surface area contributed by atoms with E-state index in [0.717, 1.165) is 6.42 Å². The van der Waals surface area contributed by atoms with Gasteiger partial charge in [-0.3, -0.25) is 0 Å². The van der Waals surface area contributed by atoms with E-state index in [2.05, 4.69) is 19.9 Å². The van der Waals surface area contributed by atoms with Gasteiger partial charge in [0.1, 0.15) is 0 Å². The van der Waals surface area contributed by atoms with Crippen LogP contribution in [-0.4, -0.2) is 30.7 Å². The van der Waals surface area contributed by atoms with Crippen molar-refractivity contribution in [2.75, 3.05) is 13.7 Å². The second kappa shape index (κ2) is 5.01. The van der Waals surface area contributed by atoms with Gasteiger partial charge in [-0.25, -0.2) is 4.79 Å². The number of likely N-dealkylation sites (tertiary alicyclic amines) is 1. The molecule has 1 saturated heterocycles. The lowest BCUT2D eigenvalue weighted by atomic mass is 9.89. The van der Waals surface area contributed by atoms with Gasteiger partial charge in [-0.15, -0.1) is 0 Å². The molecule has 4 nitrogen and oxygen atoms in total. The zero-order valence-electron chi connectivity index (χ0n) is 9.56. The second-order valence-corrected chi connectivity index (χ2v) is 4.31. The maximum atomic E-state index is 11.5. The first kappa shape index (κ1) is 11.8. The van der Waals surface area contributed by atoms with Crippen LogP contribution < -0.4 is 0 Å². The lowest BCUT2D eigenvalue weighted by Gasteiger charge is -2.29. The summed E-state index contributed by atoms with van der Waals surface area (Å²) in [7, 11) is 1.40. The van der Waals surface area contributed by atoms with E-state index in [9.17, 15) is 4.79 Å². The lowest BCUT2D eigenvalue weighted by Crippen LogP contribution is -2.41. The Morgan fingerprint density at radius 1 is 1.67 bits per heavy atom. The van der Waals surface area contributed by atoms with Crippen molar-refractivity contribution < 1.29 is 9.53 Å². The third-order valence-corrected chi connectivity index (χ3v) is 3.03. The SMILES string of the molecule is COC(=O)N1CCC(CC#N)C1C(C)C. The Balaban J connectivity index is 2.75. The summed E-state index contributed by atoms with van der Waals surface area (Å²) in [5, 5.41) is 8.72. The summed E-state index contributed by atoms with van der Waals surface area (Å²) in [5.74, 6) is 0.666. The molecule has 0 aromatic heterocycles. The Morgan fingerprint density at radius 2 is 2.33 bits per heavy atom. The van der Waals surface area contributed by atoms with E-state index in [1.807, 2.05) is 0 Å². The van der Waals surface area contributed by atoms with Gasteiger partial charge >= 0.3 is 6.09 Å². The first-order valence-electron chi connectivity index (χ1n) is 5.33. The summed E-state index contributed by atoms with van der Waals surface area (Å²) in [6.07, 6.45) is 1.16. The highest BCUT2D eigenvalue weighted by atomic mass is 16.5. The van der Waals surface area contributed by atoms with Gasteiger partial charge < -0.3 is 9.64 Å². The van der Waals surface area contributed by atoms with Gasteiger partial charge in [-0.1, -0.05) is 13.8 Å². The van der Waals surface area contributed by atoms with Crippen LogP contribution in [-0.2, 0) is 4.74 Å². The second-order valence-electron chi connectivity index (χ2n) is 4.31. The molecule has 1 aliphatic heterocycles. The van der Waals surface area contributed by atoms with Gasteiger partial charge in [0.25, 0.3) is 0 Å². The molecule has 0 spiro atoms. The molecule has 0 aliphatic carbocycles. The number of nitrogens with zero attached hydrogens (tertiary/aromatic N) is 2. The van der Waals surface area contributed by atoms with E-state index in [1.54, 1.807) is 4.90 Å². The first-order valence-corrected chi connectivity index (χ1v) is 5.33. The molecular formula is C11H18N2O2. The first-order chi connectivity index (χ1) is 7.11. The van der Waals surface area contributed by atoms with Gasteiger partial charge in [-0.05, 0) is 18.3 Å². The Kier molecular flexibility index (Phi) is 3.96. The minimum Gasteiger partial charge on any atom is -0.453 e. The predicted octanol–water partition coefficient (Wildman–Crippen LogP) is 2.01. The molecule has 1 heterocycles. The van der Waals surface area contributed by atoms with Crippen molar-refractivity contribution in [1.82, 2.24) is 4.90 Å². The fraction of sp³-hybridized carbons (Fsp3) is 0.818. The van der Waals surface area contributed by atoms with Crippen molar-refractivity contribution in [2.45, 2.75) is 32.7 Å². The van der Waals surface area contributed by atoms with Crippen molar-refractivity contribution >= 4 is 6.09 Å². The number of ether oxygens (including phenoxy) is 1. The molecule has 1 amide bonds. The zero-order valence-corrected chi connectivity index (χ0v) is 9.56.